The maximum atomic E-state index is 6.79. The number of anilines is 3. The SMILES string of the molecule is c1ccc(-c2cccc(N(c3ccc(-c4ccc(-c5ccc(-n6c7ccccc7c7ccccc76)cc5)cc4)cc3)c3cc4ccccc4c4c3oc3ccccc34)c2)cc1. The molecule has 0 saturated heterocycles. The average Bonchev–Trinajstić information content (AvgIpc) is 3.90. The van der Waals surface area contributed by atoms with E-state index in [1.807, 2.05) is 6.07 Å². The number of furan rings is 1. The summed E-state index contributed by atoms with van der Waals surface area (Å²) in [6.45, 7) is 0. The van der Waals surface area contributed by atoms with Gasteiger partial charge in [0.25, 0.3) is 0 Å². The van der Waals surface area contributed by atoms with Gasteiger partial charge in [-0.25, -0.2) is 0 Å². The third-order valence-corrected chi connectivity index (χ3v) is 12.2. The van der Waals surface area contributed by atoms with Gasteiger partial charge in [-0.15, -0.1) is 0 Å². The number of aromatic nitrogens is 1. The second kappa shape index (κ2) is 14.3. The second-order valence-electron chi connectivity index (χ2n) is 15.7. The van der Waals surface area contributed by atoms with Crippen LogP contribution in [0.2, 0.25) is 0 Å². The molecule has 2 heterocycles. The Bertz CT molecular complexity index is 3510. The van der Waals surface area contributed by atoms with Gasteiger partial charge >= 0.3 is 0 Å². The first-order valence-electron chi connectivity index (χ1n) is 20.8. The molecular weight excluding hydrogens is 741 g/mol. The quantitative estimate of drug-likeness (QED) is 0.161. The molecule has 12 aromatic rings. The lowest BCUT2D eigenvalue weighted by molar-refractivity contribution is 0.669. The molecule has 0 unspecified atom stereocenters. The van der Waals surface area contributed by atoms with Crippen molar-refractivity contribution in [2.45, 2.75) is 0 Å². The molecule has 3 heteroatoms. The highest BCUT2D eigenvalue weighted by Crippen LogP contribution is 2.46. The van der Waals surface area contributed by atoms with Gasteiger partial charge in [0.2, 0.25) is 0 Å². The van der Waals surface area contributed by atoms with Gasteiger partial charge in [-0.05, 0) is 105 Å². The van der Waals surface area contributed by atoms with E-state index in [0.29, 0.717) is 0 Å². The van der Waals surface area contributed by atoms with Crippen LogP contribution in [-0.2, 0) is 0 Å². The maximum absolute atomic E-state index is 6.79. The molecule has 0 aliphatic rings. The summed E-state index contributed by atoms with van der Waals surface area (Å²) < 4.78 is 9.15. The van der Waals surface area contributed by atoms with Crippen molar-refractivity contribution in [1.29, 1.82) is 0 Å². The van der Waals surface area contributed by atoms with Crippen molar-refractivity contribution in [3.63, 3.8) is 0 Å². The summed E-state index contributed by atoms with van der Waals surface area (Å²) >= 11 is 0. The summed E-state index contributed by atoms with van der Waals surface area (Å²) in [6, 6.07) is 82.7. The maximum Gasteiger partial charge on any atom is 0.160 e. The van der Waals surface area contributed by atoms with Crippen LogP contribution in [-0.4, -0.2) is 4.57 Å². The van der Waals surface area contributed by atoms with E-state index in [2.05, 4.69) is 234 Å². The van der Waals surface area contributed by atoms with E-state index >= 15 is 0 Å². The normalized spacial score (nSPS) is 11.6. The molecule has 0 fully saturated rings. The third-order valence-electron chi connectivity index (χ3n) is 12.2. The van der Waals surface area contributed by atoms with E-state index in [9.17, 15) is 0 Å². The minimum atomic E-state index is 0.868. The largest absolute Gasteiger partial charge is 0.454 e. The minimum Gasteiger partial charge on any atom is -0.454 e. The smallest absolute Gasteiger partial charge is 0.160 e. The zero-order valence-electron chi connectivity index (χ0n) is 33.2. The first kappa shape index (κ1) is 34.9. The topological polar surface area (TPSA) is 21.3 Å². The van der Waals surface area contributed by atoms with Crippen molar-refractivity contribution in [3.05, 3.63) is 231 Å². The van der Waals surface area contributed by atoms with Crippen molar-refractivity contribution in [2.75, 3.05) is 4.90 Å². The van der Waals surface area contributed by atoms with Crippen LogP contribution in [0.3, 0.4) is 0 Å². The van der Waals surface area contributed by atoms with Gasteiger partial charge in [0, 0.05) is 38.6 Å². The van der Waals surface area contributed by atoms with Crippen LogP contribution in [0.5, 0.6) is 0 Å². The van der Waals surface area contributed by atoms with Gasteiger partial charge in [0.15, 0.2) is 5.58 Å². The first-order valence-corrected chi connectivity index (χ1v) is 20.8. The van der Waals surface area contributed by atoms with Crippen LogP contribution >= 0.6 is 0 Å². The molecule has 3 nitrogen and oxygen atoms in total. The summed E-state index contributed by atoms with van der Waals surface area (Å²) in [7, 11) is 0. The molecule has 0 aliphatic carbocycles. The monoisotopic (exact) mass is 778 g/mol. The molecule has 2 aromatic heterocycles. The molecular formula is C58H38N2O. The van der Waals surface area contributed by atoms with Crippen molar-refractivity contribution in [2.24, 2.45) is 0 Å². The Morgan fingerprint density at radius 2 is 0.852 bits per heavy atom. The predicted molar refractivity (Wildman–Crippen MR) is 257 cm³/mol. The Kier molecular flexibility index (Phi) is 8.17. The predicted octanol–water partition coefficient (Wildman–Crippen LogP) is 16.3. The zero-order valence-corrected chi connectivity index (χ0v) is 33.2. The molecule has 0 amide bonds. The third kappa shape index (κ3) is 5.90. The minimum absolute atomic E-state index is 0.868. The lowest BCUT2D eigenvalue weighted by Crippen LogP contribution is -2.10. The molecule has 12 rings (SSSR count). The van der Waals surface area contributed by atoms with E-state index in [-0.39, 0.29) is 0 Å². The second-order valence-corrected chi connectivity index (χ2v) is 15.7. The summed E-state index contributed by atoms with van der Waals surface area (Å²) in [5.41, 5.74) is 15.5. The molecule has 0 N–H and O–H groups in total. The highest BCUT2D eigenvalue weighted by molar-refractivity contribution is 6.23. The van der Waals surface area contributed by atoms with E-state index in [1.165, 1.54) is 54.8 Å². The van der Waals surface area contributed by atoms with E-state index in [0.717, 1.165) is 55.8 Å². The molecule has 0 aliphatic heterocycles. The summed E-state index contributed by atoms with van der Waals surface area (Å²) in [4.78, 5) is 2.35. The van der Waals surface area contributed by atoms with Crippen LogP contribution in [0.15, 0.2) is 235 Å². The Hall–Kier alpha value is -8.14. The molecule has 0 radical (unpaired) electrons. The highest BCUT2D eigenvalue weighted by Gasteiger charge is 2.22. The molecule has 0 bridgehead atoms. The first-order chi connectivity index (χ1) is 30.2. The van der Waals surface area contributed by atoms with Crippen molar-refractivity contribution in [3.8, 4) is 39.1 Å². The average molecular weight is 779 g/mol. The van der Waals surface area contributed by atoms with Crippen molar-refractivity contribution in [1.82, 2.24) is 4.57 Å². The van der Waals surface area contributed by atoms with E-state index < -0.39 is 0 Å². The fraction of sp³-hybridized carbons (Fsp3) is 0. The summed E-state index contributed by atoms with van der Waals surface area (Å²) in [5, 5.41) is 7.14. The number of para-hydroxylation sites is 3. The van der Waals surface area contributed by atoms with Crippen LogP contribution in [0.1, 0.15) is 0 Å². The number of hydrogen-bond donors (Lipinski definition) is 0. The Morgan fingerprint density at radius 1 is 0.344 bits per heavy atom. The van der Waals surface area contributed by atoms with Crippen molar-refractivity contribution < 1.29 is 4.42 Å². The lowest BCUT2D eigenvalue weighted by atomic mass is 9.99. The van der Waals surface area contributed by atoms with E-state index in [1.54, 1.807) is 0 Å². The highest BCUT2D eigenvalue weighted by atomic mass is 16.3. The van der Waals surface area contributed by atoms with Crippen LogP contribution in [0, 0.1) is 0 Å². The fourth-order valence-corrected chi connectivity index (χ4v) is 9.27. The number of rotatable bonds is 7. The van der Waals surface area contributed by atoms with Crippen LogP contribution in [0.25, 0.3) is 93.6 Å². The Balaban J connectivity index is 0.914. The fourth-order valence-electron chi connectivity index (χ4n) is 9.27. The summed E-state index contributed by atoms with van der Waals surface area (Å²) in [5.74, 6) is 0. The molecule has 0 spiro atoms. The molecule has 10 aromatic carbocycles. The van der Waals surface area contributed by atoms with Crippen LogP contribution in [0.4, 0.5) is 17.1 Å². The Morgan fingerprint density at radius 3 is 1.52 bits per heavy atom. The molecule has 286 valence electrons. The van der Waals surface area contributed by atoms with Crippen molar-refractivity contribution >= 4 is 71.6 Å². The standard InChI is InChI=1S/C58H38N2O/c1-2-13-39(14-3-1)44-16-12-17-48(37-44)59(55-38-45-15-4-5-18-49(45)57-52-21-8-11-24-56(52)61-58(55)57)46-33-29-42(30-34-46)40-25-27-41(28-26-40)43-31-35-47(36-32-43)60-53-22-9-6-19-50(53)51-20-7-10-23-54(51)60/h1-38H. The van der Waals surface area contributed by atoms with Gasteiger partial charge in [-0.1, -0.05) is 170 Å². The van der Waals surface area contributed by atoms with Gasteiger partial charge in [0.1, 0.15) is 5.58 Å². The number of benzene rings is 10. The lowest BCUT2D eigenvalue weighted by Gasteiger charge is -2.27. The van der Waals surface area contributed by atoms with E-state index in [4.69, 9.17) is 4.42 Å². The molecule has 61 heavy (non-hydrogen) atoms. The van der Waals surface area contributed by atoms with Gasteiger partial charge in [-0.3, -0.25) is 0 Å². The number of fused-ring (bicyclic) bond motifs is 8. The zero-order chi connectivity index (χ0) is 40.3. The molecule has 0 atom stereocenters. The summed E-state index contributed by atoms with van der Waals surface area (Å²) in [6.07, 6.45) is 0. The van der Waals surface area contributed by atoms with Gasteiger partial charge < -0.3 is 13.9 Å². The number of hydrogen-bond acceptors (Lipinski definition) is 2. The number of nitrogens with zero attached hydrogens (tertiary/aromatic N) is 2. The Labute approximate surface area is 353 Å². The van der Waals surface area contributed by atoms with Crippen LogP contribution < -0.4 is 4.90 Å². The molecule has 0 saturated carbocycles. The van der Waals surface area contributed by atoms with Gasteiger partial charge in [-0.2, -0.15) is 0 Å². The van der Waals surface area contributed by atoms with Gasteiger partial charge in [0.05, 0.1) is 16.7 Å².